The Balaban J connectivity index is 1.60. The standard InChI is InChI=1S/C18H21N3O/c1-12-3-4-17(11-13(12)2)19-14-5-7-15(8-6-14)20-18(22)21-16-9-10-16/h3-8,11,16,19H,9-10H2,1-2H3,(H2,20,21,22). The van der Waals surface area contributed by atoms with Crippen molar-refractivity contribution in [2.24, 2.45) is 0 Å². The van der Waals surface area contributed by atoms with Crippen LogP contribution >= 0.6 is 0 Å². The zero-order valence-corrected chi connectivity index (χ0v) is 12.9. The first-order valence-corrected chi connectivity index (χ1v) is 7.62. The Morgan fingerprint density at radius 3 is 2.18 bits per heavy atom. The molecule has 1 aliphatic carbocycles. The van der Waals surface area contributed by atoms with Crippen LogP contribution < -0.4 is 16.0 Å². The van der Waals surface area contributed by atoms with E-state index in [0.717, 1.165) is 29.9 Å². The van der Waals surface area contributed by atoms with Crippen molar-refractivity contribution in [1.29, 1.82) is 0 Å². The Bertz CT molecular complexity index is 675. The van der Waals surface area contributed by atoms with Crippen LogP contribution in [0.15, 0.2) is 42.5 Å². The van der Waals surface area contributed by atoms with E-state index in [2.05, 4.69) is 48.0 Å². The van der Waals surface area contributed by atoms with Gasteiger partial charge in [-0.2, -0.15) is 0 Å². The maximum absolute atomic E-state index is 11.7. The van der Waals surface area contributed by atoms with Gasteiger partial charge in [0.25, 0.3) is 0 Å². The molecule has 4 nitrogen and oxygen atoms in total. The number of urea groups is 1. The lowest BCUT2D eigenvalue weighted by atomic mass is 10.1. The molecule has 114 valence electrons. The molecule has 3 rings (SSSR count). The second-order valence-corrected chi connectivity index (χ2v) is 5.87. The predicted octanol–water partition coefficient (Wildman–Crippen LogP) is 4.33. The van der Waals surface area contributed by atoms with E-state index in [0.29, 0.717) is 6.04 Å². The third-order valence-corrected chi connectivity index (χ3v) is 3.85. The molecule has 0 atom stereocenters. The molecule has 2 amide bonds. The minimum absolute atomic E-state index is 0.127. The summed E-state index contributed by atoms with van der Waals surface area (Å²) in [4.78, 5) is 11.7. The lowest BCUT2D eigenvalue weighted by molar-refractivity contribution is 0.251. The van der Waals surface area contributed by atoms with Gasteiger partial charge < -0.3 is 16.0 Å². The topological polar surface area (TPSA) is 53.2 Å². The van der Waals surface area contributed by atoms with Crippen molar-refractivity contribution in [2.45, 2.75) is 32.7 Å². The van der Waals surface area contributed by atoms with E-state index in [9.17, 15) is 4.79 Å². The summed E-state index contributed by atoms with van der Waals surface area (Å²) in [6, 6.07) is 14.3. The van der Waals surface area contributed by atoms with Gasteiger partial charge in [-0.1, -0.05) is 6.07 Å². The van der Waals surface area contributed by atoms with E-state index in [-0.39, 0.29) is 6.03 Å². The highest BCUT2D eigenvalue weighted by atomic mass is 16.2. The van der Waals surface area contributed by atoms with Crippen LogP contribution in [0.3, 0.4) is 0 Å². The molecule has 22 heavy (non-hydrogen) atoms. The Morgan fingerprint density at radius 1 is 0.909 bits per heavy atom. The summed E-state index contributed by atoms with van der Waals surface area (Å²) < 4.78 is 0. The van der Waals surface area contributed by atoms with E-state index in [4.69, 9.17) is 0 Å². The highest BCUT2D eigenvalue weighted by Crippen LogP contribution is 2.22. The first-order valence-electron chi connectivity index (χ1n) is 7.62. The van der Waals surface area contributed by atoms with Crippen molar-refractivity contribution < 1.29 is 4.79 Å². The number of hydrogen-bond acceptors (Lipinski definition) is 2. The molecule has 1 fully saturated rings. The quantitative estimate of drug-likeness (QED) is 0.786. The minimum atomic E-state index is -0.127. The fraction of sp³-hybridized carbons (Fsp3) is 0.278. The lowest BCUT2D eigenvalue weighted by Crippen LogP contribution is -2.30. The summed E-state index contributed by atoms with van der Waals surface area (Å²) in [5.41, 5.74) is 5.40. The first-order chi connectivity index (χ1) is 10.6. The van der Waals surface area contributed by atoms with Crippen molar-refractivity contribution in [3.05, 3.63) is 53.6 Å². The molecule has 0 saturated heterocycles. The minimum Gasteiger partial charge on any atom is -0.356 e. The molecule has 2 aromatic rings. The molecular weight excluding hydrogens is 274 g/mol. The Labute approximate surface area is 130 Å². The average molecular weight is 295 g/mol. The normalized spacial score (nSPS) is 13.5. The second kappa shape index (κ2) is 6.10. The summed E-state index contributed by atoms with van der Waals surface area (Å²) >= 11 is 0. The maximum atomic E-state index is 11.7. The predicted molar refractivity (Wildman–Crippen MR) is 90.8 cm³/mol. The highest BCUT2D eigenvalue weighted by molar-refractivity contribution is 5.89. The van der Waals surface area contributed by atoms with E-state index < -0.39 is 0 Å². The van der Waals surface area contributed by atoms with Crippen molar-refractivity contribution in [2.75, 3.05) is 10.6 Å². The third-order valence-electron chi connectivity index (χ3n) is 3.85. The molecule has 0 bridgehead atoms. The highest BCUT2D eigenvalue weighted by Gasteiger charge is 2.23. The van der Waals surface area contributed by atoms with E-state index >= 15 is 0 Å². The molecule has 0 radical (unpaired) electrons. The molecule has 0 spiro atoms. The number of hydrogen-bond donors (Lipinski definition) is 3. The summed E-state index contributed by atoms with van der Waals surface area (Å²) in [6.07, 6.45) is 2.18. The SMILES string of the molecule is Cc1ccc(Nc2ccc(NC(=O)NC3CC3)cc2)cc1C. The zero-order chi connectivity index (χ0) is 15.5. The van der Waals surface area contributed by atoms with Crippen LogP contribution in [0.25, 0.3) is 0 Å². The van der Waals surface area contributed by atoms with E-state index in [1.807, 2.05) is 24.3 Å². The van der Waals surface area contributed by atoms with Gasteiger partial charge in [0.1, 0.15) is 0 Å². The van der Waals surface area contributed by atoms with Crippen LogP contribution in [0, 0.1) is 13.8 Å². The number of anilines is 3. The zero-order valence-electron chi connectivity index (χ0n) is 12.9. The molecule has 4 heteroatoms. The van der Waals surface area contributed by atoms with Gasteiger partial charge in [0.05, 0.1) is 0 Å². The van der Waals surface area contributed by atoms with Crippen molar-refractivity contribution in [3.8, 4) is 0 Å². The van der Waals surface area contributed by atoms with Gasteiger partial charge in [-0.25, -0.2) is 4.79 Å². The molecule has 0 aromatic heterocycles. The molecule has 0 unspecified atom stereocenters. The fourth-order valence-electron chi connectivity index (χ4n) is 2.20. The van der Waals surface area contributed by atoms with Gasteiger partial charge >= 0.3 is 6.03 Å². The van der Waals surface area contributed by atoms with Gasteiger partial charge in [0, 0.05) is 23.1 Å². The van der Waals surface area contributed by atoms with Crippen molar-refractivity contribution in [3.63, 3.8) is 0 Å². The van der Waals surface area contributed by atoms with Crippen molar-refractivity contribution >= 4 is 23.1 Å². The van der Waals surface area contributed by atoms with Gasteiger partial charge in [-0.3, -0.25) is 0 Å². The fourth-order valence-corrected chi connectivity index (χ4v) is 2.20. The molecule has 0 aliphatic heterocycles. The average Bonchev–Trinajstić information content (AvgIpc) is 3.29. The smallest absolute Gasteiger partial charge is 0.319 e. The number of carbonyl (C=O) groups excluding carboxylic acids is 1. The lowest BCUT2D eigenvalue weighted by Gasteiger charge is -2.10. The Morgan fingerprint density at radius 2 is 1.55 bits per heavy atom. The number of aryl methyl sites for hydroxylation is 2. The number of rotatable bonds is 4. The molecule has 1 aliphatic rings. The largest absolute Gasteiger partial charge is 0.356 e. The van der Waals surface area contributed by atoms with Crippen LogP contribution in [-0.2, 0) is 0 Å². The Kier molecular flexibility index (Phi) is 4.00. The molecule has 1 saturated carbocycles. The molecule has 2 aromatic carbocycles. The van der Waals surface area contributed by atoms with Crippen LogP contribution in [0.2, 0.25) is 0 Å². The van der Waals surface area contributed by atoms with Gasteiger partial charge in [0.15, 0.2) is 0 Å². The summed E-state index contributed by atoms with van der Waals surface area (Å²) in [6.45, 7) is 4.21. The Hall–Kier alpha value is -2.49. The van der Waals surface area contributed by atoms with Crippen molar-refractivity contribution in [1.82, 2.24) is 5.32 Å². The molecular formula is C18H21N3O. The van der Waals surface area contributed by atoms with E-state index in [1.165, 1.54) is 11.1 Å². The molecule has 0 heterocycles. The number of carbonyl (C=O) groups is 1. The van der Waals surface area contributed by atoms with Crippen LogP contribution in [-0.4, -0.2) is 12.1 Å². The van der Waals surface area contributed by atoms with Gasteiger partial charge in [0.2, 0.25) is 0 Å². The second-order valence-electron chi connectivity index (χ2n) is 5.87. The van der Waals surface area contributed by atoms with Gasteiger partial charge in [-0.15, -0.1) is 0 Å². The van der Waals surface area contributed by atoms with Crippen LogP contribution in [0.5, 0.6) is 0 Å². The maximum Gasteiger partial charge on any atom is 0.319 e. The van der Waals surface area contributed by atoms with Crippen LogP contribution in [0.1, 0.15) is 24.0 Å². The number of nitrogens with one attached hydrogen (secondary N) is 3. The number of amides is 2. The summed E-state index contributed by atoms with van der Waals surface area (Å²) in [5.74, 6) is 0. The summed E-state index contributed by atoms with van der Waals surface area (Å²) in [5, 5.41) is 9.11. The molecule has 3 N–H and O–H groups in total. The van der Waals surface area contributed by atoms with Crippen LogP contribution in [0.4, 0.5) is 21.9 Å². The number of benzene rings is 2. The van der Waals surface area contributed by atoms with Gasteiger partial charge in [-0.05, 0) is 74.2 Å². The third kappa shape index (κ3) is 3.79. The summed E-state index contributed by atoms with van der Waals surface area (Å²) in [7, 11) is 0. The monoisotopic (exact) mass is 295 g/mol. The first kappa shape index (κ1) is 14.4. The van der Waals surface area contributed by atoms with E-state index in [1.54, 1.807) is 0 Å².